The van der Waals surface area contributed by atoms with Crippen LogP contribution >= 0.6 is 11.3 Å². The molecule has 0 saturated carbocycles. The van der Waals surface area contributed by atoms with Gasteiger partial charge in [-0.15, -0.1) is 11.3 Å². The van der Waals surface area contributed by atoms with E-state index in [1.165, 1.54) is 6.07 Å². The summed E-state index contributed by atoms with van der Waals surface area (Å²) in [4.78, 5) is 13.1. The van der Waals surface area contributed by atoms with Crippen molar-refractivity contribution in [2.75, 3.05) is 31.1 Å². The van der Waals surface area contributed by atoms with Gasteiger partial charge in [-0.3, -0.25) is 4.90 Å². The number of benzene rings is 1. The zero-order valence-electron chi connectivity index (χ0n) is 14.3. The molecule has 1 aliphatic rings. The Morgan fingerprint density at radius 1 is 1.19 bits per heavy atom. The molecule has 0 N–H and O–H groups in total. The molecule has 0 amide bonds. The summed E-state index contributed by atoms with van der Waals surface area (Å²) < 4.78 is 35.0. The number of alkyl halides is 2. The van der Waals surface area contributed by atoms with E-state index in [2.05, 4.69) is 29.7 Å². The number of anilines is 1. The lowest BCUT2D eigenvalue weighted by Gasteiger charge is -2.33. The lowest BCUT2D eigenvalue weighted by atomic mass is 10.2. The molecule has 10 heteroatoms. The average Bonchev–Trinajstić information content (AvgIpc) is 3.35. The average molecular weight is 393 g/mol. The van der Waals surface area contributed by atoms with Gasteiger partial charge in [0.2, 0.25) is 11.7 Å². The topological polar surface area (TPSA) is 67.5 Å². The lowest BCUT2D eigenvalue weighted by Crippen LogP contribution is -2.46. The lowest BCUT2D eigenvalue weighted by molar-refractivity contribution is -0.0494. The summed E-state index contributed by atoms with van der Waals surface area (Å²) in [6.45, 7) is 1.05. The quantitative estimate of drug-likeness (QED) is 0.637. The van der Waals surface area contributed by atoms with Crippen LogP contribution in [0.3, 0.4) is 0 Å². The SMILES string of the molecule is FC(F)Oc1ccccc1-c1noc(CN2CCN(c3nccs3)CC2)n1. The van der Waals surface area contributed by atoms with E-state index in [0.717, 1.165) is 31.3 Å². The smallest absolute Gasteiger partial charge is 0.387 e. The Balaban J connectivity index is 1.39. The van der Waals surface area contributed by atoms with Gasteiger partial charge in [-0.05, 0) is 12.1 Å². The molecule has 0 radical (unpaired) electrons. The van der Waals surface area contributed by atoms with Gasteiger partial charge in [0.25, 0.3) is 0 Å². The zero-order chi connectivity index (χ0) is 18.6. The van der Waals surface area contributed by atoms with Gasteiger partial charge in [-0.2, -0.15) is 13.8 Å². The predicted molar refractivity (Wildman–Crippen MR) is 96.0 cm³/mol. The van der Waals surface area contributed by atoms with E-state index < -0.39 is 6.61 Å². The molecule has 0 bridgehead atoms. The normalized spacial score (nSPS) is 15.4. The van der Waals surface area contributed by atoms with Crippen LogP contribution in [0.25, 0.3) is 11.4 Å². The molecule has 1 aromatic carbocycles. The molecular formula is C17H17F2N5O2S. The third kappa shape index (κ3) is 4.22. The number of aromatic nitrogens is 3. The van der Waals surface area contributed by atoms with E-state index in [0.29, 0.717) is 18.0 Å². The molecule has 1 aliphatic heterocycles. The van der Waals surface area contributed by atoms with E-state index >= 15 is 0 Å². The highest BCUT2D eigenvalue weighted by atomic mass is 32.1. The maximum Gasteiger partial charge on any atom is 0.387 e. The first-order valence-corrected chi connectivity index (χ1v) is 9.30. The molecule has 1 fully saturated rings. The van der Waals surface area contributed by atoms with E-state index in [4.69, 9.17) is 4.52 Å². The summed E-state index contributed by atoms with van der Waals surface area (Å²) >= 11 is 1.63. The summed E-state index contributed by atoms with van der Waals surface area (Å²) in [6, 6.07) is 6.40. The van der Waals surface area contributed by atoms with Crippen molar-refractivity contribution in [1.82, 2.24) is 20.0 Å². The molecule has 142 valence electrons. The van der Waals surface area contributed by atoms with E-state index in [-0.39, 0.29) is 11.6 Å². The number of ether oxygens (including phenoxy) is 1. The minimum atomic E-state index is -2.91. The molecule has 7 nitrogen and oxygen atoms in total. The number of thiazole rings is 1. The molecule has 0 spiro atoms. The summed E-state index contributed by atoms with van der Waals surface area (Å²) in [5, 5.41) is 6.92. The van der Waals surface area contributed by atoms with Crippen LogP contribution in [0.1, 0.15) is 5.89 Å². The van der Waals surface area contributed by atoms with Crippen LogP contribution in [-0.2, 0) is 6.54 Å². The third-order valence-electron chi connectivity index (χ3n) is 4.23. The maximum absolute atomic E-state index is 12.6. The summed E-state index contributed by atoms with van der Waals surface area (Å²) in [7, 11) is 0. The van der Waals surface area contributed by atoms with Gasteiger partial charge in [-0.25, -0.2) is 4.98 Å². The molecule has 3 aromatic rings. The van der Waals surface area contributed by atoms with E-state index in [9.17, 15) is 8.78 Å². The monoisotopic (exact) mass is 393 g/mol. The fraction of sp³-hybridized carbons (Fsp3) is 0.353. The summed E-state index contributed by atoms with van der Waals surface area (Å²) in [5.41, 5.74) is 0.376. The van der Waals surface area contributed by atoms with Crippen LogP contribution in [0.2, 0.25) is 0 Å². The minimum absolute atomic E-state index is 0.0249. The first kappa shape index (κ1) is 17.8. The highest BCUT2D eigenvalue weighted by molar-refractivity contribution is 7.13. The Morgan fingerprint density at radius 3 is 2.74 bits per heavy atom. The number of nitrogens with zero attached hydrogens (tertiary/aromatic N) is 5. The van der Waals surface area contributed by atoms with Crippen LogP contribution in [0, 0.1) is 0 Å². The van der Waals surface area contributed by atoms with Gasteiger partial charge in [0.1, 0.15) is 5.75 Å². The molecular weight excluding hydrogens is 376 g/mol. The van der Waals surface area contributed by atoms with Crippen molar-refractivity contribution >= 4 is 16.5 Å². The molecule has 1 saturated heterocycles. The third-order valence-corrected chi connectivity index (χ3v) is 5.07. The first-order valence-electron chi connectivity index (χ1n) is 8.42. The number of halogens is 2. The second-order valence-electron chi connectivity index (χ2n) is 5.96. The second kappa shape index (κ2) is 7.97. The number of piperazine rings is 1. The van der Waals surface area contributed by atoms with Gasteiger partial charge in [0.15, 0.2) is 5.13 Å². The van der Waals surface area contributed by atoms with Gasteiger partial charge < -0.3 is 14.2 Å². The van der Waals surface area contributed by atoms with Gasteiger partial charge in [0, 0.05) is 37.8 Å². The number of rotatable bonds is 6. The molecule has 4 rings (SSSR count). The molecule has 0 unspecified atom stereocenters. The van der Waals surface area contributed by atoms with Crippen LogP contribution in [0.5, 0.6) is 5.75 Å². The molecule has 0 aliphatic carbocycles. The van der Waals surface area contributed by atoms with E-state index in [1.54, 1.807) is 29.5 Å². The van der Waals surface area contributed by atoms with Crippen LogP contribution in [-0.4, -0.2) is 52.8 Å². The molecule has 3 heterocycles. The molecule has 0 atom stereocenters. The fourth-order valence-electron chi connectivity index (χ4n) is 2.94. The molecule has 2 aromatic heterocycles. The Bertz CT molecular complexity index is 866. The maximum atomic E-state index is 12.6. The Kier molecular flexibility index (Phi) is 5.26. The van der Waals surface area contributed by atoms with Gasteiger partial charge >= 0.3 is 6.61 Å². The minimum Gasteiger partial charge on any atom is -0.434 e. The summed E-state index contributed by atoms with van der Waals surface area (Å²) in [5.74, 6) is 0.708. The highest BCUT2D eigenvalue weighted by Gasteiger charge is 2.21. The Hall–Kier alpha value is -2.59. The standard InChI is InChI=1S/C17H17F2N5O2S/c18-16(19)25-13-4-2-1-3-12(13)15-21-14(26-22-15)11-23-6-8-24(9-7-23)17-20-5-10-27-17/h1-5,10,16H,6-9,11H2. The van der Waals surface area contributed by atoms with E-state index in [1.807, 2.05) is 11.6 Å². The van der Waals surface area contributed by atoms with Crippen LogP contribution in [0.4, 0.5) is 13.9 Å². The first-order chi connectivity index (χ1) is 13.2. The van der Waals surface area contributed by atoms with Crippen LogP contribution in [0.15, 0.2) is 40.4 Å². The van der Waals surface area contributed by atoms with Crippen molar-refractivity contribution in [3.8, 4) is 17.1 Å². The Morgan fingerprint density at radius 2 is 2.00 bits per heavy atom. The zero-order valence-corrected chi connectivity index (χ0v) is 15.1. The number of hydrogen-bond donors (Lipinski definition) is 0. The van der Waals surface area contributed by atoms with Crippen LogP contribution < -0.4 is 9.64 Å². The highest BCUT2D eigenvalue weighted by Crippen LogP contribution is 2.29. The Labute approximate surface area is 158 Å². The van der Waals surface area contributed by atoms with Crippen molar-refractivity contribution in [3.05, 3.63) is 41.7 Å². The van der Waals surface area contributed by atoms with Crippen molar-refractivity contribution in [2.24, 2.45) is 0 Å². The number of para-hydroxylation sites is 1. The second-order valence-corrected chi connectivity index (χ2v) is 6.84. The fourth-order valence-corrected chi connectivity index (χ4v) is 3.64. The molecule has 27 heavy (non-hydrogen) atoms. The van der Waals surface area contributed by atoms with Crippen molar-refractivity contribution in [1.29, 1.82) is 0 Å². The van der Waals surface area contributed by atoms with Gasteiger partial charge in [-0.1, -0.05) is 17.3 Å². The van der Waals surface area contributed by atoms with Gasteiger partial charge in [0.05, 0.1) is 12.1 Å². The van der Waals surface area contributed by atoms with Crippen molar-refractivity contribution < 1.29 is 18.0 Å². The van der Waals surface area contributed by atoms with Crippen molar-refractivity contribution in [3.63, 3.8) is 0 Å². The largest absolute Gasteiger partial charge is 0.434 e. The summed E-state index contributed by atoms with van der Waals surface area (Å²) in [6.07, 6.45) is 1.81. The predicted octanol–water partition coefficient (Wildman–Crippen LogP) is 3.12. The number of hydrogen-bond acceptors (Lipinski definition) is 8. The van der Waals surface area contributed by atoms with Crippen molar-refractivity contribution in [2.45, 2.75) is 13.2 Å².